The van der Waals surface area contributed by atoms with E-state index in [9.17, 15) is 9.59 Å². The van der Waals surface area contributed by atoms with E-state index in [2.05, 4.69) is 0 Å². The number of primary amides is 2. The smallest absolute Gasteiger partial charge is 0.328 e. The van der Waals surface area contributed by atoms with Gasteiger partial charge in [-0.05, 0) is 12.8 Å². The summed E-state index contributed by atoms with van der Waals surface area (Å²) in [4.78, 5) is 21.3. The molecule has 0 saturated heterocycles. The van der Waals surface area contributed by atoms with Gasteiger partial charge < -0.3 is 11.5 Å². The number of carbonyl (C=O) groups is 2. The molecule has 0 heterocycles. The zero-order chi connectivity index (χ0) is 16.8. The number of hydrogen-bond donors (Lipinski definition) is 4. The van der Waals surface area contributed by atoms with Crippen molar-refractivity contribution >= 4 is 12.1 Å². The summed E-state index contributed by atoms with van der Waals surface area (Å²) in [7, 11) is 0. The number of rotatable bonds is 13. The van der Waals surface area contributed by atoms with E-state index in [0.717, 1.165) is 48.5 Å². The third-order valence-electron chi connectivity index (χ3n) is 3.61. The Labute approximate surface area is 133 Å². The first-order valence-corrected chi connectivity index (χ1v) is 8.08. The minimum absolute atomic E-state index is 0.527. The quantitative estimate of drug-likeness (QED) is 0.176. The van der Waals surface area contributed by atoms with Gasteiger partial charge in [0.05, 0.1) is 0 Å². The predicted molar refractivity (Wildman–Crippen MR) is 87.1 cm³/mol. The Morgan fingerprint density at radius 3 is 1.00 bits per heavy atom. The fraction of sp³-hybridized carbons (Fsp3) is 0.857. The van der Waals surface area contributed by atoms with Crippen LogP contribution in [0.15, 0.2) is 0 Å². The molecule has 0 radical (unpaired) electrons. The number of carbonyl (C=O) groups excluding carboxylic acids is 2. The van der Waals surface area contributed by atoms with E-state index in [1.54, 1.807) is 0 Å². The first-order chi connectivity index (χ1) is 10.4. The van der Waals surface area contributed by atoms with Crippen molar-refractivity contribution in [1.82, 2.24) is 10.0 Å². The lowest BCUT2D eigenvalue weighted by Crippen LogP contribution is -2.41. The first-order valence-electron chi connectivity index (χ1n) is 8.08. The van der Waals surface area contributed by atoms with Gasteiger partial charge in [0.15, 0.2) is 0 Å². The van der Waals surface area contributed by atoms with Gasteiger partial charge in [-0.15, -0.1) is 0 Å². The summed E-state index contributed by atoms with van der Waals surface area (Å²) in [5, 5.41) is 2.11. The highest BCUT2D eigenvalue weighted by Gasteiger charge is 2.03. The van der Waals surface area contributed by atoms with E-state index in [-0.39, 0.29) is 0 Å². The maximum Gasteiger partial charge on any atom is 0.328 e. The molecule has 0 rings (SSSR count). The van der Waals surface area contributed by atoms with Crippen molar-refractivity contribution in [3.63, 3.8) is 0 Å². The summed E-state index contributed by atoms with van der Waals surface area (Å²) in [6.07, 6.45) is 11.1. The lowest BCUT2D eigenvalue weighted by molar-refractivity contribution is 0.206. The Morgan fingerprint density at radius 2 is 0.773 bits per heavy atom. The third-order valence-corrected chi connectivity index (χ3v) is 3.61. The van der Waals surface area contributed by atoms with Crippen LogP contribution in [-0.2, 0) is 0 Å². The van der Waals surface area contributed by atoms with Gasteiger partial charge in [-0.1, -0.05) is 51.4 Å². The van der Waals surface area contributed by atoms with E-state index < -0.39 is 12.1 Å². The van der Waals surface area contributed by atoms with Crippen LogP contribution in [-0.4, -0.2) is 35.2 Å². The fourth-order valence-corrected chi connectivity index (χ4v) is 2.20. The molecule has 130 valence electrons. The Kier molecular flexibility index (Phi) is 12.2. The summed E-state index contributed by atoms with van der Waals surface area (Å²) in [5.74, 6) is 10.8. The Bertz CT molecular complexity index is 284. The van der Waals surface area contributed by atoms with Crippen LogP contribution in [0.4, 0.5) is 9.59 Å². The number of hydrogen-bond acceptors (Lipinski definition) is 4. The van der Waals surface area contributed by atoms with Crippen LogP contribution in [0, 0.1) is 0 Å². The van der Waals surface area contributed by atoms with Crippen LogP contribution < -0.4 is 23.2 Å². The van der Waals surface area contributed by atoms with Gasteiger partial charge in [-0.2, -0.15) is 0 Å². The lowest BCUT2D eigenvalue weighted by Gasteiger charge is -2.13. The van der Waals surface area contributed by atoms with Gasteiger partial charge in [-0.3, -0.25) is 10.0 Å². The number of nitrogens with two attached hydrogens (primary N) is 4. The van der Waals surface area contributed by atoms with Crippen LogP contribution in [0.2, 0.25) is 0 Å². The Hall–Kier alpha value is -1.54. The van der Waals surface area contributed by atoms with Crippen molar-refractivity contribution in [2.75, 3.05) is 13.1 Å². The van der Waals surface area contributed by atoms with Crippen LogP contribution in [0.5, 0.6) is 0 Å². The third kappa shape index (κ3) is 12.2. The summed E-state index contributed by atoms with van der Waals surface area (Å²) in [5.41, 5.74) is 10.1. The highest BCUT2D eigenvalue weighted by atomic mass is 16.2. The van der Waals surface area contributed by atoms with Crippen molar-refractivity contribution < 1.29 is 9.59 Å². The van der Waals surface area contributed by atoms with Crippen molar-refractivity contribution in [1.29, 1.82) is 0 Å². The van der Waals surface area contributed by atoms with E-state index >= 15 is 0 Å². The number of hydrazine groups is 2. The van der Waals surface area contributed by atoms with Crippen LogP contribution in [0.1, 0.15) is 64.2 Å². The minimum Gasteiger partial charge on any atom is -0.350 e. The van der Waals surface area contributed by atoms with Gasteiger partial charge in [0, 0.05) is 13.1 Å². The van der Waals surface area contributed by atoms with Crippen LogP contribution in [0.3, 0.4) is 0 Å². The molecule has 8 heteroatoms. The molecule has 0 unspecified atom stereocenters. The number of nitrogens with zero attached hydrogens (tertiary/aromatic N) is 2. The topological polar surface area (TPSA) is 145 Å². The maximum absolute atomic E-state index is 10.7. The van der Waals surface area contributed by atoms with Crippen molar-refractivity contribution in [2.45, 2.75) is 64.2 Å². The van der Waals surface area contributed by atoms with E-state index in [4.69, 9.17) is 23.2 Å². The lowest BCUT2D eigenvalue weighted by atomic mass is 10.1. The largest absolute Gasteiger partial charge is 0.350 e. The highest BCUT2D eigenvalue weighted by molar-refractivity contribution is 5.71. The van der Waals surface area contributed by atoms with E-state index in [0.29, 0.717) is 13.1 Å². The van der Waals surface area contributed by atoms with E-state index in [1.165, 1.54) is 25.7 Å². The van der Waals surface area contributed by atoms with Crippen LogP contribution in [0.25, 0.3) is 0 Å². The molecule has 0 bridgehead atoms. The molecule has 0 saturated carbocycles. The second kappa shape index (κ2) is 13.1. The average Bonchev–Trinajstić information content (AvgIpc) is 2.47. The molecule has 0 spiro atoms. The molecule has 8 N–H and O–H groups in total. The maximum atomic E-state index is 10.7. The van der Waals surface area contributed by atoms with Gasteiger partial charge >= 0.3 is 12.1 Å². The standard InChI is InChI=1S/C14H32N6O2/c15-13(21)19(17)11-9-7-5-3-1-2-4-6-8-10-12-20(18)14(16)22/h1-12,17-18H2,(H2,15,21)(H2,16,22). The molecular formula is C14H32N6O2. The highest BCUT2D eigenvalue weighted by Crippen LogP contribution is 2.10. The molecule has 4 amide bonds. The van der Waals surface area contributed by atoms with Crippen molar-refractivity contribution in [3.8, 4) is 0 Å². The van der Waals surface area contributed by atoms with Crippen molar-refractivity contribution in [3.05, 3.63) is 0 Å². The number of urea groups is 2. The zero-order valence-electron chi connectivity index (χ0n) is 13.5. The first kappa shape index (κ1) is 20.5. The molecule has 8 nitrogen and oxygen atoms in total. The SMILES string of the molecule is NC(=O)N(N)CCCCCCCCCCCCN(N)C(N)=O. The number of amides is 4. The molecule has 0 aromatic rings. The second-order valence-corrected chi connectivity index (χ2v) is 5.60. The molecule has 0 aliphatic carbocycles. The predicted octanol–water partition coefficient (Wildman–Crippen LogP) is 1.40. The van der Waals surface area contributed by atoms with Crippen LogP contribution >= 0.6 is 0 Å². The molecule has 0 fully saturated rings. The van der Waals surface area contributed by atoms with E-state index in [1.807, 2.05) is 0 Å². The molecule has 0 atom stereocenters. The molecule has 22 heavy (non-hydrogen) atoms. The molecule has 0 aliphatic rings. The number of unbranched alkanes of at least 4 members (excludes halogenated alkanes) is 9. The molecule has 0 aromatic carbocycles. The summed E-state index contributed by atoms with van der Waals surface area (Å²) >= 11 is 0. The van der Waals surface area contributed by atoms with Gasteiger partial charge in [0.2, 0.25) is 0 Å². The van der Waals surface area contributed by atoms with Gasteiger partial charge in [0.25, 0.3) is 0 Å². The molecule has 0 aliphatic heterocycles. The monoisotopic (exact) mass is 316 g/mol. The molecule has 0 aromatic heterocycles. The average molecular weight is 316 g/mol. The minimum atomic E-state index is -0.575. The van der Waals surface area contributed by atoms with Crippen molar-refractivity contribution in [2.24, 2.45) is 23.2 Å². The van der Waals surface area contributed by atoms with Gasteiger partial charge in [-0.25, -0.2) is 21.3 Å². The normalized spacial score (nSPS) is 10.5. The second-order valence-electron chi connectivity index (χ2n) is 5.60. The molecular weight excluding hydrogens is 284 g/mol. The summed E-state index contributed by atoms with van der Waals surface area (Å²) in [6, 6.07) is -1.15. The fourth-order valence-electron chi connectivity index (χ4n) is 2.20. The zero-order valence-corrected chi connectivity index (χ0v) is 13.5. The Morgan fingerprint density at radius 1 is 0.545 bits per heavy atom. The van der Waals surface area contributed by atoms with Gasteiger partial charge in [0.1, 0.15) is 0 Å². The summed E-state index contributed by atoms with van der Waals surface area (Å²) in [6.45, 7) is 1.05. The summed E-state index contributed by atoms with van der Waals surface area (Å²) < 4.78 is 0. The Balaban J connectivity index is 3.18.